The van der Waals surface area contributed by atoms with E-state index in [9.17, 15) is 14.3 Å². The number of nitrogens with one attached hydrogen (secondary N) is 1. The van der Waals surface area contributed by atoms with E-state index >= 15 is 0 Å². The molecule has 0 saturated carbocycles. The van der Waals surface area contributed by atoms with Crippen molar-refractivity contribution in [1.82, 2.24) is 10.2 Å². The minimum absolute atomic E-state index is 0.0838. The van der Waals surface area contributed by atoms with Crippen LogP contribution >= 0.6 is 0 Å². The number of phenols is 1. The maximum absolute atomic E-state index is 13.2. The van der Waals surface area contributed by atoms with Gasteiger partial charge in [-0.25, -0.2) is 9.18 Å². The zero-order valence-electron chi connectivity index (χ0n) is 14.5. The fraction of sp³-hybridized carbons (Fsp3) is 0.588. The van der Waals surface area contributed by atoms with Gasteiger partial charge in [0.15, 0.2) is 0 Å². The monoisotopic (exact) mass is 326 g/mol. The minimum atomic E-state index is -0.508. The molecule has 130 valence electrons. The van der Waals surface area contributed by atoms with E-state index in [4.69, 9.17) is 4.74 Å². The number of hydrogen-bond acceptors (Lipinski definition) is 4. The Bertz CT molecular complexity index is 509. The first-order chi connectivity index (χ1) is 10.6. The molecule has 0 fully saturated rings. The number of benzene rings is 1. The van der Waals surface area contributed by atoms with Crippen molar-refractivity contribution < 1.29 is 19.0 Å². The molecule has 0 bridgehead atoms. The van der Waals surface area contributed by atoms with E-state index in [-0.39, 0.29) is 17.8 Å². The van der Waals surface area contributed by atoms with Gasteiger partial charge < -0.3 is 20.1 Å². The number of amides is 1. The van der Waals surface area contributed by atoms with Crippen molar-refractivity contribution in [2.45, 2.75) is 39.8 Å². The lowest BCUT2D eigenvalue weighted by molar-refractivity contribution is 0.0277. The Morgan fingerprint density at radius 2 is 2.04 bits per heavy atom. The lowest BCUT2D eigenvalue weighted by Crippen LogP contribution is -2.38. The van der Waals surface area contributed by atoms with Crippen LogP contribution in [0.3, 0.4) is 0 Å². The first kappa shape index (κ1) is 19.2. The molecule has 1 rings (SSSR count). The fourth-order valence-corrected chi connectivity index (χ4v) is 2.14. The first-order valence-electron chi connectivity index (χ1n) is 7.70. The summed E-state index contributed by atoms with van der Waals surface area (Å²) < 4.78 is 18.5. The number of carbonyl (C=O) groups is 1. The quantitative estimate of drug-likeness (QED) is 0.843. The van der Waals surface area contributed by atoms with Gasteiger partial charge in [-0.1, -0.05) is 6.92 Å². The molecule has 5 nitrogen and oxygen atoms in total. The average molecular weight is 326 g/mol. The topological polar surface area (TPSA) is 61.8 Å². The molecule has 1 atom stereocenters. The number of aromatic hydroxyl groups is 1. The van der Waals surface area contributed by atoms with E-state index in [1.807, 2.05) is 27.7 Å². The van der Waals surface area contributed by atoms with Crippen molar-refractivity contribution >= 4 is 6.09 Å². The summed E-state index contributed by atoms with van der Waals surface area (Å²) in [5, 5.41) is 12.5. The molecule has 0 aromatic heterocycles. The molecular formula is C17H27FN2O3. The minimum Gasteiger partial charge on any atom is -0.508 e. The van der Waals surface area contributed by atoms with Crippen LogP contribution in [0.4, 0.5) is 9.18 Å². The zero-order valence-corrected chi connectivity index (χ0v) is 14.5. The Kier molecular flexibility index (Phi) is 6.81. The van der Waals surface area contributed by atoms with Crippen molar-refractivity contribution in [3.05, 3.63) is 29.6 Å². The Balaban J connectivity index is 2.36. The van der Waals surface area contributed by atoms with Gasteiger partial charge in [-0.15, -0.1) is 0 Å². The second kappa shape index (κ2) is 8.15. The summed E-state index contributed by atoms with van der Waals surface area (Å²) in [6, 6.07) is 3.97. The summed E-state index contributed by atoms with van der Waals surface area (Å²) in [6.07, 6.45) is -0.348. The summed E-state index contributed by atoms with van der Waals surface area (Å²) >= 11 is 0. The molecule has 0 saturated heterocycles. The Morgan fingerprint density at radius 1 is 1.39 bits per heavy atom. The summed E-state index contributed by atoms with van der Waals surface area (Å²) in [7, 11) is 1.70. The fourth-order valence-electron chi connectivity index (χ4n) is 2.14. The van der Waals surface area contributed by atoms with Crippen LogP contribution < -0.4 is 5.32 Å². The van der Waals surface area contributed by atoms with E-state index in [1.54, 1.807) is 11.9 Å². The lowest BCUT2D eigenvalue weighted by atomic mass is 10.1. The van der Waals surface area contributed by atoms with Gasteiger partial charge in [-0.05, 0) is 50.9 Å². The first-order valence-corrected chi connectivity index (χ1v) is 7.70. The van der Waals surface area contributed by atoms with Crippen LogP contribution in [0.15, 0.2) is 18.2 Å². The molecule has 0 heterocycles. The highest BCUT2D eigenvalue weighted by molar-refractivity contribution is 5.67. The molecule has 1 amide bonds. The van der Waals surface area contributed by atoms with Gasteiger partial charge >= 0.3 is 6.09 Å². The number of halogens is 1. The number of carbonyl (C=O) groups excluding carboxylic acids is 1. The summed E-state index contributed by atoms with van der Waals surface area (Å²) in [6.45, 7) is 9.16. The number of ether oxygens (including phenoxy) is 1. The van der Waals surface area contributed by atoms with Crippen molar-refractivity contribution in [2.75, 3.05) is 20.1 Å². The summed E-state index contributed by atoms with van der Waals surface area (Å²) in [4.78, 5) is 13.4. The van der Waals surface area contributed by atoms with Crippen LogP contribution in [0, 0.1) is 11.7 Å². The second-order valence-corrected chi connectivity index (χ2v) is 6.91. The maximum atomic E-state index is 13.2. The van der Waals surface area contributed by atoms with Crippen LogP contribution in [-0.2, 0) is 11.3 Å². The standard InChI is InChI=1S/C17H27FN2O3/c1-12(11-20(5)16(22)23-17(2,3)4)9-19-10-13-6-14(18)8-15(21)7-13/h6-8,12,19,21H,9-11H2,1-5H3. The molecule has 23 heavy (non-hydrogen) atoms. The largest absolute Gasteiger partial charge is 0.508 e. The molecule has 0 aliphatic rings. The van der Waals surface area contributed by atoms with Crippen LogP contribution in [0.1, 0.15) is 33.3 Å². The van der Waals surface area contributed by atoms with Crippen LogP contribution in [0.5, 0.6) is 5.75 Å². The van der Waals surface area contributed by atoms with Crippen LogP contribution in [0.25, 0.3) is 0 Å². The van der Waals surface area contributed by atoms with E-state index < -0.39 is 11.4 Å². The highest BCUT2D eigenvalue weighted by Crippen LogP contribution is 2.14. The third-order valence-corrected chi connectivity index (χ3v) is 3.05. The van der Waals surface area contributed by atoms with Gasteiger partial charge in [-0.3, -0.25) is 0 Å². The number of nitrogens with zero attached hydrogens (tertiary/aromatic N) is 1. The van der Waals surface area contributed by atoms with Crippen molar-refractivity contribution in [1.29, 1.82) is 0 Å². The van der Waals surface area contributed by atoms with Gasteiger partial charge in [0.25, 0.3) is 0 Å². The Labute approximate surface area is 137 Å². The van der Waals surface area contributed by atoms with E-state index in [2.05, 4.69) is 5.32 Å². The van der Waals surface area contributed by atoms with Gasteiger partial charge in [-0.2, -0.15) is 0 Å². The predicted octanol–water partition coefficient (Wildman–Crippen LogP) is 3.12. The lowest BCUT2D eigenvalue weighted by Gasteiger charge is -2.26. The Morgan fingerprint density at radius 3 is 2.61 bits per heavy atom. The van der Waals surface area contributed by atoms with Gasteiger partial charge in [0, 0.05) is 26.2 Å². The summed E-state index contributed by atoms with van der Waals surface area (Å²) in [5.74, 6) is -0.339. The Hall–Kier alpha value is -1.82. The normalized spacial score (nSPS) is 12.8. The van der Waals surface area contributed by atoms with Crippen molar-refractivity contribution in [2.24, 2.45) is 5.92 Å². The maximum Gasteiger partial charge on any atom is 0.410 e. The molecule has 1 aromatic carbocycles. The van der Waals surface area contributed by atoms with Crippen molar-refractivity contribution in [3.63, 3.8) is 0 Å². The third-order valence-electron chi connectivity index (χ3n) is 3.05. The molecule has 1 unspecified atom stereocenters. The van der Waals surface area contributed by atoms with Gasteiger partial charge in [0.2, 0.25) is 0 Å². The van der Waals surface area contributed by atoms with Crippen molar-refractivity contribution in [3.8, 4) is 5.75 Å². The number of phenolic OH excluding ortho intramolecular Hbond substituents is 1. The highest BCUT2D eigenvalue weighted by Gasteiger charge is 2.20. The molecule has 0 aliphatic heterocycles. The summed E-state index contributed by atoms with van der Waals surface area (Å²) in [5.41, 5.74) is 0.168. The molecule has 6 heteroatoms. The van der Waals surface area contributed by atoms with Gasteiger partial charge in [0.05, 0.1) is 0 Å². The SMILES string of the molecule is CC(CNCc1cc(O)cc(F)c1)CN(C)C(=O)OC(C)(C)C. The smallest absolute Gasteiger partial charge is 0.410 e. The van der Waals surface area contributed by atoms with E-state index in [1.165, 1.54) is 12.1 Å². The van der Waals surface area contributed by atoms with E-state index in [0.29, 0.717) is 25.2 Å². The molecule has 0 radical (unpaired) electrons. The van der Waals surface area contributed by atoms with E-state index in [0.717, 1.165) is 6.07 Å². The van der Waals surface area contributed by atoms with Crippen LogP contribution in [0.2, 0.25) is 0 Å². The molecular weight excluding hydrogens is 299 g/mol. The molecule has 2 N–H and O–H groups in total. The molecule has 1 aromatic rings. The number of rotatable bonds is 6. The number of hydrogen-bond donors (Lipinski definition) is 2. The highest BCUT2D eigenvalue weighted by atomic mass is 19.1. The average Bonchev–Trinajstić information content (AvgIpc) is 2.35. The van der Waals surface area contributed by atoms with Gasteiger partial charge in [0.1, 0.15) is 17.2 Å². The molecule has 0 aliphatic carbocycles. The second-order valence-electron chi connectivity index (χ2n) is 6.91. The van der Waals surface area contributed by atoms with Crippen LogP contribution in [-0.4, -0.2) is 41.8 Å². The third kappa shape index (κ3) is 7.83. The zero-order chi connectivity index (χ0) is 17.6. The predicted molar refractivity (Wildman–Crippen MR) is 87.8 cm³/mol. The molecule has 0 spiro atoms.